The maximum atomic E-state index is 11.0. The normalized spacial score (nSPS) is 9.64. The average molecular weight is 191 g/mol. The van der Waals surface area contributed by atoms with Gasteiger partial charge in [-0.05, 0) is 0 Å². The molecule has 0 radical (unpaired) electrons. The Morgan fingerprint density at radius 1 is 1.82 bits per heavy atom. The first-order valence-corrected chi connectivity index (χ1v) is 4.41. The molecule has 11 heavy (non-hydrogen) atoms. The first kappa shape index (κ1) is 8.56. The van der Waals surface area contributed by atoms with Crippen LogP contribution in [-0.2, 0) is 0 Å². The lowest BCUT2D eigenvalue weighted by molar-refractivity contribution is 0.102. The molecule has 1 rings (SSSR count). The molecule has 0 unspecified atom stereocenters. The Balaban J connectivity index is 2.80. The second kappa shape index (κ2) is 3.74. The first-order valence-electron chi connectivity index (χ1n) is 2.99. The third kappa shape index (κ3) is 1.94. The van der Waals surface area contributed by atoms with Crippen LogP contribution in [0.3, 0.4) is 0 Å². The number of ether oxygens (including phenoxy) is 1. The van der Waals surface area contributed by atoms with Crippen molar-refractivity contribution in [2.75, 3.05) is 13.0 Å². The number of carbonyl (C=O) groups is 1. The molecule has 1 heterocycles. The van der Waals surface area contributed by atoms with Gasteiger partial charge in [0.15, 0.2) is 5.78 Å². The molecular formula is C7H7ClO2S. The number of hydrogen-bond acceptors (Lipinski definition) is 3. The van der Waals surface area contributed by atoms with E-state index in [1.807, 2.05) is 0 Å². The van der Waals surface area contributed by atoms with Gasteiger partial charge in [-0.2, -0.15) is 0 Å². The molecule has 1 aromatic heterocycles. The lowest BCUT2D eigenvalue weighted by Gasteiger charge is -1.89. The molecule has 0 amide bonds. The number of Topliss-reactive ketones (excluding diaryl/α,β-unsaturated/α-hetero) is 1. The van der Waals surface area contributed by atoms with E-state index in [1.165, 1.54) is 11.3 Å². The summed E-state index contributed by atoms with van der Waals surface area (Å²) in [5.41, 5.74) is 0. The third-order valence-corrected chi connectivity index (χ3v) is 2.40. The van der Waals surface area contributed by atoms with Crippen molar-refractivity contribution in [2.24, 2.45) is 0 Å². The number of carbonyl (C=O) groups excluding carboxylic acids is 1. The van der Waals surface area contributed by atoms with Crippen molar-refractivity contribution in [2.45, 2.75) is 0 Å². The molecule has 4 heteroatoms. The van der Waals surface area contributed by atoms with Crippen molar-refractivity contribution >= 4 is 28.7 Å². The predicted molar refractivity (Wildman–Crippen MR) is 45.9 cm³/mol. The zero-order chi connectivity index (χ0) is 8.27. The van der Waals surface area contributed by atoms with E-state index in [0.717, 1.165) is 0 Å². The minimum absolute atomic E-state index is 0.0314. The van der Waals surface area contributed by atoms with Gasteiger partial charge < -0.3 is 4.74 Å². The summed E-state index contributed by atoms with van der Waals surface area (Å²) in [6.45, 7) is 0. The molecular weight excluding hydrogens is 184 g/mol. The summed E-state index contributed by atoms with van der Waals surface area (Å²) >= 11 is 6.70. The monoisotopic (exact) mass is 190 g/mol. The summed E-state index contributed by atoms with van der Waals surface area (Å²) in [4.78, 5) is 11.6. The Morgan fingerprint density at radius 3 is 3.00 bits per heavy atom. The number of thiophene rings is 1. The Morgan fingerprint density at radius 2 is 2.55 bits per heavy atom. The highest BCUT2D eigenvalue weighted by Crippen LogP contribution is 2.21. The lowest BCUT2D eigenvalue weighted by atomic mass is 10.3. The summed E-state index contributed by atoms with van der Waals surface area (Å²) in [6.07, 6.45) is 0. The van der Waals surface area contributed by atoms with Gasteiger partial charge in [-0.3, -0.25) is 4.79 Å². The van der Waals surface area contributed by atoms with Crippen molar-refractivity contribution < 1.29 is 9.53 Å². The number of hydrogen-bond donors (Lipinski definition) is 0. The van der Waals surface area contributed by atoms with Gasteiger partial charge in [-0.15, -0.1) is 22.9 Å². The van der Waals surface area contributed by atoms with Crippen molar-refractivity contribution in [3.8, 4) is 5.75 Å². The van der Waals surface area contributed by atoms with E-state index in [-0.39, 0.29) is 11.7 Å². The molecule has 0 aliphatic rings. The second-order valence-corrected chi connectivity index (χ2v) is 3.09. The van der Waals surface area contributed by atoms with E-state index in [0.29, 0.717) is 10.6 Å². The Bertz CT molecular complexity index is 257. The molecule has 0 spiro atoms. The van der Waals surface area contributed by atoms with Crippen LogP contribution in [0.4, 0.5) is 0 Å². The smallest absolute Gasteiger partial charge is 0.187 e. The van der Waals surface area contributed by atoms with Gasteiger partial charge in [0.25, 0.3) is 0 Å². The highest BCUT2D eigenvalue weighted by molar-refractivity contribution is 7.12. The summed E-state index contributed by atoms with van der Waals surface area (Å²) in [5.74, 6) is 0.687. The molecule has 0 aliphatic carbocycles. The Hall–Kier alpha value is -0.540. The molecule has 60 valence electrons. The van der Waals surface area contributed by atoms with Crippen molar-refractivity contribution in [3.05, 3.63) is 16.3 Å². The number of halogens is 1. The van der Waals surface area contributed by atoms with Crippen molar-refractivity contribution in [1.82, 2.24) is 0 Å². The van der Waals surface area contributed by atoms with Crippen LogP contribution in [0.5, 0.6) is 5.75 Å². The largest absolute Gasteiger partial charge is 0.496 e. The summed E-state index contributed by atoms with van der Waals surface area (Å²) in [6, 6.07) is 1.69. The maximum absolute atomic E-state index is 11.0. The standard InChI is InChI=1S/C7H7ClO2S/c1-10-5-2-7(11-4-5)6(9)3-8/h2,4H,3H2,1H3. The highest BCUT2D eigenvalue weighted by Gasteiger charge is 2.06. The molecule has 0 fully saturated rings. The Kier molecular flexibility index (Phi) is 2.91. The first-order chi connectivity index (χ1) is 5.27. The minimum atomic E-state index is -0.0556. The molecule has 0 saturated carbocycles. The maximum Gasteiger partial charge on any atom is 0.187 e. The molecule has 0 atom stereocenters. The fraction of sp³-hybridized carbons (Fsp3) is 0.286. The Labute approximate surface area is 73.7 Å². The molecule has 0 bridgehead atoms. The van der Waals surface area contributed by atoms with Crippen molar-refractivity contribution in [3.63, 3.8) is 0 Å². The minimum Gasteiger partial charge on any atom is -0.496 e. The van der Waals surface area contributed by atoms with Gasteiger partial charge in [0.1, 0.15) is 5.75 Å². The van der Waals surface area contributed by atoms with Crippen LogP contribution in [0.1, 0.15) is 9.67 Å². The van der Waals surface area contributed by atoms with Crippen LogP contribution in [0.2, 0.25) is 0 Å². The third-order valence-electron chi connectivity index (χ3n) is 1.21. The van der Waals surface area contributed by atoms with Gasteiger partial charge in [0.05, 0.1) is 17.9 Å². The molecule has 0 N–H and O–H groups in total. The van der Waals surface area contributed by atoms with E-state index in [1.54, 1.807) is 18.6 Å². The van der Waals surface area contributed by atoms with E-state index in [2.05, 4.69) is 0 Å². The topological polar surface area (TPSA) is 26.3 Å². The second-order valence-electron chi connectivity index (χ2n) is 1.91. The molecule has 0 saturated heterocycles. The predicted octanol–water partition coefficient (Wildman–Crippen LogP) is 2.18. The van der Waals surface area contributed by atoms with E-state index < -0.39 is 0 Å². The van der Waals surface area contributed by atoms with Crippen LogP contribution in [0.25, 0.3) is 0 Å². The van der Waals surface area contributed by atoms with Crippen LogP contribution in [0.15, 0.2) is 11.4 Å². The van der Waals surface area contributed by atoms with Gasteiger partial charge in [-0.25, -0.2) is 0 Å². The fourth-order valence-corrected chi connectivity index (χ4v) is 1.66. The number of ketones is 1. The number of alkyl halides is 1. The van der Waals surface area contributed by atoms with Gasteiger partial charge in [0, 0.05) is 11.4 Å². The number of methoxy groups -OCH3 is 1. The lowest BCUT2D eigenvalue weighted by Crippen LogP contribution is -1.95. The summed E-state index contributed by atoms with van der Waals surface area (Å²) in [5, 5.41) is 1.78. The van der Waals surface area contributed by atoms with E-state index >= 15 is 0 Å². The summed E-state index contributed by atoms with van der Waals surface area (Å²) in [7, 11) is 1.57. The average Bonchev–Trinajstić information content (AvgIpc) is 2.50. The van der Waals surface area contributed by atoms with Crippen LogP contribution in [-0.4, -0.2) is 18.8 Å². The molecule has 0 aromatic carbocycles. The zero-order valence-electron chi connectivity index (χ0n) is 5.96. The zero-order valence-corrected chi connectivity index (χ0v) is 7.54. The molecule has 0 aliphatic heterocycles. The van der Waals surface area contributed by atoms with E-state index in [4.69, 9.17) is 16.3 Å². The highest BCUT2D eigenvalue weighted by atomic mass is 35.5. The van der Waals surface area contributed by atoms with E-state index in [9.17, 15) is 4.79 Å². The quantitative estimate of drug-likeness (QED) is 0.540. The number of rotatable bonds is 3. The van der Waals surface area contributed by atoms with Gasteiger partial charge >= 0.3 is 0 Å². The van der Waals surface area contributed by atoms with Gasteiger partial charge in [-0.1, -0.05) is 0 Å². The SMILES string of the molecule is COc1csc(C(=O)CCl)c1. The van der Waals surface area contributed by atoms with Crippen molar-refractivity contribution in [1.29, 1.82) is 0 Å². The summed E-state index contributed by atoms with van der Waals surface area (Å²) < 4.78 is 4.90. The molecule has 2 nitrogen and oxygen atoms in total. The fourth-order valence-electron chi connectivity index (χ4n) is 0.638. The molecule has 1 aromatic rings. The van der Waals surface area contributed by atoms with Gasteiger partial charge in [0.2, 0.25) is 0 Å². The van der Waals surface area contributed by atoms with Crippen LogP contribution >= 0.6 is 22.9 Å². The van der Waals surface area contributed by atoms with Crippen LogP contribution < -0.4 is 4.74 Å². The van der Waals surface area contributed by atoms with Crippen LogP contribution in [0, 0.1) is 0 Å².